The molecule has 44 heavy (non-hydrogen) atoms. The zero-order valence-corrected chi connectivity index (χ0v) is 25.4. The Kier molecular flexibility index (Phi) is 14.9. The SMILES string of the molecule is C[C@H](CO)NC(=O)C[C@H]1CC=CC[C@@H](Cc2ccccc2)C(=O)OC[C@H](CCCCNC(=O)OCc2ccccc2)NC1=O. The van der Waals surface area contributed by atoms with Gasteiger partial charge in [0.25, 0.3) is 0 Å². The van der Waals surface area contributed by atoms with E-state index in [0.29, 0.717) is 45.1 Å². The summed E-state index contributed by atoms with van der Waals surface area (Å²) < 4.78 is 11.0. The summed E-state index contributed by atoms with van der Waals surface area (Å²) in [7, 11) is 0. The van der Waals surface area contributed by atoms with Crippen LogP contribution in [0.25, 0.3) is 0 Å². The van der Waals surface area contributed by atoms with Crippen LogP contribution in [0, 0.1) is 11.8 Å². The maximum absolute atomic E-state index is 13.3. The van der Waals surface area contributed by atoms with Crippen LogP contribution in [0.15, 0.2) is 72.8 Å². The van der Waals surface area contributed by atoms with Crippen LogP contribution in [0.1, 0.15) is 56.6 Å². The molecule has 0 aromatic heterocycles. The van der Waals surface area contributed by atoms with Gasteiger partial charge in [-0.1, -0.05) is 72.8 Å². The van der Waals surface area contributed by atoms with Crippen molar-refractivity contribution >= 4 is 23.9 Å². The summed E-state index contributed by atoms with van der Waals surface area (Å²) >= 11 is 0. The summed E-state index contributed by atoms with van der Waals surface area (Å²) in [6, 6.07) is 18.3. The van der Waals surface area contributed by atoms with Crippen molar-refractivity contribution in [2.75, 3.05) is 19.8 Å². The molecule has 1 heterocycles. The van der Waals surface area contributed by atoms with Gasteiger partial charge in [-0.3, -0.25) is 14.4 Å². The lowest BCUT2D eigenvalue weighted by Crippen LogP contribution is -2.44. The van der Waals surface area contributed by atoms with Crippen molar-refractivity contribution in [1.29, 1.82) is 0 Å². The van der Waals surface area contributed by atoms with E-state index in [1.165, 1.54) is 0 Å². The lowest BCUT2D eigenvalue weighted by Gasteiger charge is -2.24. The van der Waals surface area contributed by atoms with E-state index in [4.69, 9.17) is 9.47 Å². The number of alkyl carbamates (subject to hydrolysis) is 1. The Bertz CT molecular complexity index is 1210. The van der Waals surface area contributed by atoms with Gasteiger partial charge in [0.05, 0.1) is 24.5 Å². The summed E-state index contributed by atoms with van der Waals surface area (Å²) in [5.41, 5.74) is 1.93. The van der Waals surface area contributed by atoms with Crippen LogP contribution in [0.5, 0.6) is 0 Å². The molecule has 0 spiro atoms. The molecule has 3 rings (SSSR count). The fraction of sp³-hybridized carbons (Fsp3) is 0.471. The van der Waals surface area contributed by atoms with Crippen LogP contribution in [-0.4, -0.2) is 60.8 Å². The standard InChI is InChI=1S/C34H45N3O7/c1-25(22-38)36-31(39)21-28-16-8-9-17-29(20-26-12-4-2-5-13-26)33(41)43-24-30(37-32(28)40)18-10-11-19-35-34(42)44-23-27-14-6-3-7-15-27/h2-9,12-15,25,28-30,38H,10-11,16-24H2,1H3,(H,35,42)(H,36,39)(H,37,40)/t25-,28-,29+,30+/m1/s1. The van der Waals surface area contributed by atoms with Gasteiger partial charge in [-0.15, -0.1) is 0 Å². The molecule has 0 radical (unpaired) electrons. The number of esters is 1. The number of aliphatic hydroxyl groups is 1. The Morgan fingerprint density at radius 3 is 2.32 bits per heavy atom. The summed E-state index contributed by atoms with van der Waals surface area (Å²) in [5, 5.41) is 17.7. The van der Waals surface area contributed by atoms with Crippen LogP contribution in [0.4, 0.5) is 4.79 Å². The highest BCUT2D eigenvalue weighted by Gasteiger charge is 2.27. The molecule has 1 aliphatic heterocycles. The third kappa shape index (κ3) is 13.0. The summed E-state index contributed by atoms with van der Waals surface area (Å²) in [5.74, 6) is -1.95. The molecule has 238 valence electrons. The van der Waals surface area contributed by atoms with Crippen molar-refractivity contribution in [3.8, 4) is 0 Å². The van der Waals surface area contributed by atoms with Crippen molar-refractivity contribution in [2.45, 2.75) is 70.6 Å². The molecule has 0 saturated carbocycles. The molecule has 0 fully saturated rings. The first kappa shape index (κ1) is 34.3. The predicted octanol–water partition coefficient (Wildman–Crippen LogP) is 3.82. The summed E-state index contributed by atoms with van der Waals surface area (Å²) in [4.78, 5) is 51.0. The van der Waals surface area contributed by atoms with Gasteiger partial charge in [0.1, 0.15) is 13.2 Å². The first-order chi connectivity index (χ1) is 21.3. The third-order valence-corrected chi connectivity index (χ3v) is 7.38. The molecule has 1 aliphatic rings. The number of carbonyl (C=O) groups excluding carboxylic acids is 4. The van der Waals surface area contributed by atoms with Gasteiger partial charge < -0.3 is 30.5 Å². The summed E-state index contributed by atoms with van der Waals surface area (Å²) in [6.07, 6.45) is 6.29. The number of unbranched alkanes of at least 4 members (excludes halogenated alkanes) is 1. The molecule has 2 aromatic carbocycles. The molecule has 0 unspecified atom stereocenters. The zero-order valence-electron chi connectivity index (χ0n) is 25.4. The van der Waals surface area contributed by atoms with Gasteiger partial charge in [0, 0.05) is 19.0 Å². The summed E-state index contributed by atoms with van der Waals surface area (Å²) in [6.45, 7) is 2.08. The smallest absolute Gasteiger partial charge is 0.407 e. The van der Waals surface area contributed by atoms with Crippen molar-refractivity contribution < 1.29 is 33.8 Å². The van der Waals surface area contributed by atoms with Crippen molar-refractivity contribution in [3.05, 3.63) is 83.9 Å². The molecule has 0 aliphatic carbocycles. The lowest BCUT2D eigenvalue weighted by molar-refractivity contribution is -0.150. The molecule has 4 N–H and O–H groups in total. The van der Waals surface area contributed by atoms with Gasteiger partial charge in [-0.2, -0.15) is 0 Å². The average Bonchev–Trinajstić information content (AvgIpc) is 3.03. The first-order valence-electron chi connectivity index (χ1n) is 15.3. The van der Waals surface area contributed by atoms with Gasteiger partial charge in [-0.05, 0) is 56.6 Å². The molecule has 10 nitrogen and oxygen atoms in total. The molecular formula is C34H45N3O7. The van der Waals surface area contributed by atoms with Gasteiger partial charge in [0.15, 0.2) is 0 Å². The van der Waals surface area contributed by atoms with Crippen LogP contribution in [0.3, 0.4) is 0 Å². The molecule has 2 aromatic rings. The van der Waals surface area contributed by atoms with E-state index in [-0.39, 0.29) is 49.9 Å². The van der Waals surface area contributed by atoms with E-state index >= 15 is 0 Å². The highest BCUT2D eigenvalue weighted by Crippen LogP contribution is 2.19. The Morgan fingerprint density at radius 2 is 1.64 bits per heavy atom. The van der Waals surface area contributed by atoms with E-state index < -0.39 is 24.1 Å². The van der Waals surface area contributed by atoms with E-state index in [1.807, 2.05) is 72.8 Å². The minimum absolute atomic E-state index is 0.00653. The largest absolute Gasteiger partial charge is 0.463 e. The predicted molar refractivity (Wildman–Crippen MR) is 166 cm³/mol. The molecule has 4 atom stereocenters. The number of allylic oxidation sites excluding steroid dienone is 2. The van der Waals surface area contributed by atoms with Crippen LogP contribution >= 0.6 is 0 Å². The van der Waals surface area contributed by atoms with Gasteiger partial charge >= 0.3 is 12.1 Å². The lowest BCUT2D eigenvalue weighted by atomic mass is 9.94. The Morgan fingerprint density at radius 1 is 0.977 bits per heavy atom. The monoisotopic (exact) mass is 607 g/mol. The number of carbonyl (C=O) groups is 4. The minimum atomic E-state index is -0.622. The fourth-order valence-electron chi connectivity index (χ4n) is 4.87. The molecule has 3 amide bonds. The average molecular weight is 608 g/mol. The van der Waals surface area contributed by atoms with Crippen LogP contribution in [0.2, 0.25) is 0 Å². The Balaban J connectivity index is 1.58. The molecular weight excluding hydrogens is 562 g/mol. The maximum Gasteiger partial charge on any atom is 0.407 e. The minimum Gasteiger partial charge on any atom is -0.463 e. The second-order valence-electron chi connectivity index (χ2n) is 11.2. The molecule has 10 heteroatoms. The van der Waals surface area contributed by atoms with Crippen molar-refractivity contribution in [1.82, 2.24) is 16.0 Å². The number of ether oxygens (including phenoxy) is 2. The third-order valence-electron chi connectivity index (χ3n) is 7.38. The number of nitrogens with one attached hydrogen (secondary N) is 3. The number of benzene rings is 2. The molecule has 0 saturated heterocycles. The van der Waals surface area contributed by atoms with Gasteiger partial charge in [-0.25, -0.2) is 4.79 Å². The number of hydrogen-bond acceptors (Lipinski definition) is 7. The second kappa shape index (κ2) is 19.2. The Labute approximate surface area is 259 Å². The van der Waals surface area contributed by atoms with E-state index in [9.17, 15) is 24.3 Å². The molecule has 0 bridgehead atoms. The van der Waals surface area contributed by atoms with Crippen molar-refractivity contribution in [2.24, 2.45) is 11.8 Å². The highest BCUT2D eigenvalue weighted by atomic mass is 16.5. The first-order valence-corrected chi connectivity index (χ1v) is 15.3. The quantitative estimate of drug-likeness (QED) is 0.154. The van der Waals surface area contributed by atoms with E-state index in [1.54, 1.807) is 6.92 Å². The maximum atomic E-state index is 13.3. The topological polar surface area (TPSA) is 143 Å². The normalized spacial score (nSPS) is 19.8. The number of hydrogen-bond donors (Lipinski definition) is 4. The van der Waals surface area contributed by atoms with Crippen molar-refractivity contribution in [3.63, 3.8) is 0 Å². The van der Waals surface area contributed by atoms with E-state index in [0.717, 1.165) is 11.1 Å². The number of aliphatic hydroxyl groups excluding tert-OH is 1. The highest BCUT2D eigenvalue weighted by molar-refractivity contribution is 5.86. The Hall–Kier alpha value is -4.18. The van der Waals surface area contributed by atoms with Gasteiger partial charge in [0.2, 0.25) is 11.8 Å². The number of rotatable bonds is 13. The number of amides is 3. The van der Waals surface area contributed by atoms with Crippen LogP contribution < -0.4 is 16.0 Å². The second-order valence-corrected chi connectivity index (χ2v) is 11.2. The van der Waals surface area contributed by atoms with Crippen LogP contribution in [-0.2, 0) is 36.9 Å². The number of cyclic esters (lactones) is 1. The fourth-order valence-corrected chi connectivity index (χ4v) is 4.87. The zero-order chi connectivity index (χ0) is 31.6. The van der Waals surface area contributed by atoms with E-state index in [2.05, 4.69) is 16.0 Å².